The average molecular weight is 648 g/mol. The first kappa shape index (κ1) is 26.4. The summed E-state index contributed by atoms with van der Waals surface area (Å²) in [5, 5.41) is 12.6. The summed E-state index contributed by atoms with van der Waals surface area (Å²) >= 11 is 3.79. The van der Waals surface area contributed by atoms with Crippen LogP contribution in [0.3, 0.4) is 0 Å². The van der Waals surface area contributed by atoms with Gasteiger partial charge >= 0.3 is 0 Å². The molecule has 224 valence electrons. The van der Waals surface area contributed by atoms with Crippen molar-refractivity contribution in [2.75, 3.05) is 4.90 Å². The summed E-state index contributed by atoms with van der Waals surface area (Å²) in [4.78, 5) is 2.34. The van der Waals surface area contributed by atoms with E-state index in [-0.39, 0.29) is 0 Å². The Morgan fingerprint density at radius 1 is 0.396 bits per heavy atom. The van der Waals surface area contributed by atoms with Gasteiger partial charge in [-0.3, -0.25) is 0 Å². The maximum atomic E-state index is 6.61. The van der Waals surface area contributed by atoms with Gasteiger partial charge in [-0.25, -0.2) is 0 Å². The van der Waals surface area contributed by atoms with E-state index in [0.717, 1.165) is 44.4 Å². The van der Waals surface area contributed by atoms with Gasteiger partial charge in [0, 0.05) is 79.6 Å². The molecule has 0 amide bonds. The molecule has 0 fully saturated rings. The van der Waals surface area contributed by atoms with Crippen molar-refractivity contribution in [1.29, 1.82) is 0 Å². The molecule has 48 heavy (non-hydrogen) atoms. The van der Waals surface area contributed by atoms with Crippen LogP contribution in [0.1, 0.15) is 0 Å². The van der Waals surface area contributed by atoms with Crippen molar-refractivity contribution in [3.63, 3.8) is 0 Å². The molecule has 0 aliphatic carbocycles. The van der Waals surface area contributed by atoms with Gasteiger partial charge in [-0.15, -0.1) is 22.7 Å². The molecule has 11 rings (SSSR count). The highest BCUT2D eigenvalue weighted by molar-refractivity contribution is 7.28. The van der Waals surface area contributed by atoms with Crippen LogP contribution in [0.25, 0.3) is 83.8 Å². The van der Waals surface area contributed by atoms with Gasteiger partial charge in [0.2, 0.25) is 0 Å². The topological polar surface area (TPSA) is 16.4 Å². The van der Waals surface area contributed by atoms with E-state index >= 15 is 0 Å². The van der Waals surface area contributed by atoms with E-state index in [2.05, 4.69) is 157 Å². The zero-order valence-electron chi connectivity index (χ0n) is 25.6. The molecule has 0 N–H and O–H groups in total. The number of nitrogens with zero attached hydrogens (tertiary/aromatic N) is 1. The Balaban J connectivity index is 1.12. The van der Waals surface area contributed by atoms with Crippen LogP contribution in [0.4, 0.5) is 17.1 Å². The number of hydrogen-bond donors (Lipinski definition) is 0. The maximum Gasteiger partial charge on any atom is 0.143 e. The average Bonchev–Trinajstić information content (AvgIpc) is 3.83. The monoisotopic (exact) mass is 647 g/mol. The number of benzene rings is 8. The number of furan rings is 1. The number of hydrogen-bond acceptors (Lipinski definition) is 4. The van der Waals surface area contributed by atoms with E-state index in [9.17, 15) is 0 Å². The second-order valence-corrected chi connectivity index (χ2v) is 14.6. The summed E-state index contributed by atoms with van der Waals surface area (Å²) < 4.78 is 11.9. The highest BCUT2D eigenvalue weighted by Gasteiger charge is 2.19. The van der Waals surface area contributed by atoms with Crippen molar-refractivity contribution in [3.05, 3.63) is 152 Å². The fourth-order valence-electron chi connectivity index (χ4n) is 7.65. The van der Waals surface area contributed by atoms with Crippen LogP contribution in [0, 0.1) is 0 Å². The first-order chi connectivity index (χ1) is 23.8. The van der Waals surface area contributed by atoms with E-state index in [1.54, 1.807) is 0 Å². The lowest BCUT2D eigenvalue weighted by atomic mass is 10.0. The lowest BCUT2D eigenvalue weighted by molar-refractivity contribution is 0.672. The Kier molecular flexibility index (Phi) is 5.45. The summed E-state index contributed by atoms with van der Waals surface area (Å²) in [7, 11) is 0. The minimum Gasteiger partial charge on any atom is -0.455 e. The summed E-state index contributed by atoms with van der Waals surface area (Å²) in [5.41, 5.74) is 5.13. The first-order valence-electron chi connectivity index (χ1n) is 16.2. The molecule has 8 aromatic carbocycles. The van der Waals surface area contributed by atoms with Crippen molar-refractivity contribution in [2.45, 2.75) is 0 Å². The molecule has 0 spiro atoms. The zero-order valence-corrected chi connectivity index (χ0v) is 27.2. The molecule has 11 aromatic rings. The summed E-state index contributed by atoms with van der Waals surface area (Å²) in [6, 6.07) is 55.0. The molecule has 0 saturated carbocycles. The van der Waals surface area contributed by atoms with E-state index < -0.39 is 0 Å². The molecule has 2 nitrogen and oxygen atoms in total. The van der Waals surface area contributed by atoms with Crippen LogP contribution >= 0.6 is 22.7 Å². The minimum absolute atomic E-state index is 0.891. The SMILES string of the molecule is c1ccc(N(c2ccc3c(c2)oc2c4ccccc4ccc32)c2ccc3c(c2)sc2ccc4sc5c6ccccc6ccc5c4c23)cc1. The number of para-hydroxylation sites is 1. The summed E-state index contributed by atoms with van der Waals surface area (Å²) in [5.74, 6) is 0. The second kappa shape index (κ2) is 9.91. The lowest BCUT2D eigenvalue weighted by Gasteiger charge is -2.25. The van der Waals surface area contributed by atoms with Crippen LogP contribution in [0.2, 0.25) is 0 Å². The van der Waals surface area contributed by atoms with Gasteiger partial charge in [0.05, 0.1) is 0 Å². The lowest BCUT2D eigenvalue weighted by Crippen LogP contribution is -2.09. The van der Waals surface area contributed by atoms with Gasteiger partial charge in [0.25, 0.3) is 0 Å². The second-order valence-electron chi connectivity index (χ2n) is 12.5. The quantitative estimate of drug-likeness (QED) is 0.190. The molecule has 0 aliphatic rings. The zero-order chi connectivity index (χ0) is 31.3. The smallest absolute Gasteiger partial charge is 0.143 e. The van der Waals surface area contributed by atoms with Crippen LogP contribution < -0.4 is 4.90 Å². The third kappa shape index (κ3) is 3.73. The van der Waals surface area contributed by atoms with Crippen LogP contribution in [0.15, 0.2) is 156 Å². The Labute approximate surface area is 283 Å². The largest absolute Gasteiger partial charge is 0.455 e. The van der Waals surface area contributed by atoms with E-state index in [1.165, 1.54) is 56.5 Å². The summed E-state index contributed by atoms with van der Waals surface area (Å²) in [6.45, 7) is 0. The summed E-state index contributed by atoms with van der Waals surface area (Å²) in [6.07, 6.45) is 0. The van der Waals surface area contributed by atoms with Gasteiger partial charge in [-0.2, -0.15) is 0 Å². The predicted molar refractivity (Wildman–Crippen MR) is 209 cm³/mol. The normalized spacial score (nSPS) is 12.2. The van der Waals surface area contributed by atoms with Crippen molar-refractivity contribution < 1.29 is 4.42 Å². The van der Waals surface area contributed by atoms with Crippen molar-refractivity contribution in [1.82, 2.24) is 0 Å². The van der Waals surface area contributed by atoms with Crippen LogP contribution in [-0.4, -0.2) is 0 Å². The Morgan fingerprint density at radius 2 is 1.02 bits per heavy atom. The number of anilines is 3. The molecule has 4 heteroatoms. The van der Waals surface area contributed by atoms with Gasteiger partial charge in [-0.1, -0.05) is 91.0 Å². The predicted octanol–water partition coefficient (Wildman–Crippen LogP) is 14.1. The van der Waals surface area contributed by atoms with E-state index in [1.807, 2.05) is 22.7 Å². The van der Waals surface area contributed by atoms with E-state index in [0.29, 0.717) is 0 Å². The Bertz CT molecular complexity index is 3070. The molecule has 0 unspecified atom stereocenters. The number of thiophene rings is 2. The molecule has 0 saturated heterocycles. The third-order valence-corrected chi connectivity index (χ3v) is 12.1. The molecular formula is C44H25NOS2. The van der Waals surface area contributed by atoms with Gasteiger partial charge in [-0.05, 0) is 70.8 Å². The molecule has 3 heterocycles. The molecular weight excluding hydrogens is 623 g/mol. The van der Waals surface area contributed by atoms with Crippen LogP contribution in [0.5, 0.6) is 0 Å². The molecule has 0 aliphatic heterocycles. The fourth-order valence-corrected chi connectivity index (χ4v) is 10.0. The maximum absolute atomic E-state index is 6.61. The number of rotatable bonds is 3. The van der Waals surface area contributed by atoms with Gasteiger partial charge in [0.15, 0.2) is 0 Å². The van der Waals surface area contributed by atoms with Gasteiger partial charge in [0.1, 0.15) is 11.2 Å². The number of fused-ring (bicyclic) bond motifs is 14. The van der Waals surface area contributed by atoms with Crippen molar-refractivity contribution in [3.8, 4) is 0 Å². The Morgan fingerprint density at radius 3 is 1.85 bits per heavy atom. The first-order valence-corrected chi connectivity index (χ1v) is 17.8. The van der Waals surface area contributed by atoms with Crippen LogP contribution in [-0.2, 0) is 0 Å². The molecule has 0 bridgehead atoms. The Hall–Kier alpha value is -5.68. The van der Waals surface area contributed by atoms with Crippen molar-refractivity contribution in [2.24, 2.45) is 0 Å². The fraction of sp³-hybridized carbons (Fsp3) is 0. The third-order valence-electron chi connectivity index (χ3n) is 9.82. The van der Waals surface area contributed by atoms with E-state index in [4.69, 9.17) is 4.42 Å². The molecule has 0 atom stereocenters. The standard InChI is InChI=1S/C44H25NOS2/c1-2-10-28(11-3-1)45(29-16-20-33-34-18-14-26-8-4-6-12-31(26)43(34)46-37(33)24-29)30-17-21-35-40(25-30)47-38-22-23-39-42(41(35)38)36-19-15-27-9-5-7-13-32(27)44(36)48-39/h1-25H. The highest BCUT2D eigenvalue weighted by atomic mass is 32.1. The minimum atomic E-state index is 0.891. The molecule has 3 aromatic heterocycles. The molecule has 0 radical (unpaired) electrons. The van der Waals surface area contributed by atoms with Crippen molar-refractivity contribution >= 4 is 124 Å². The van der Waals surface area contributed by atoms with Gasteiger partial charge < -0.3 is 9.32 Å². The highest BCUT2D eigenvalue weighted by Crippen LogP contribution is 2.48.